The zero-order valence-electron chi connectivity index (χ0n) is 20.1. The molecule has 1 amide bonds. The molecule has 2 aromatic carbocycles. The van der Waals surface area contributed by atoms with Crippen molar-refractivity contribution < 1.29 is 9.53 Å². The molecule has 0 radical (unpaired) electrons. The number of rotatable bonds is 6. The van der Waals surface area contributed by atoms with E-state index in [2.05, 4.69) is 27.8 Å². The Morgan fingerprint density at radius 2 is 1.74 bits per heavy atom. The predicted octanol–water partition coefficient (Wildman–Crippen LogP) is 5.28. The van der Waals surface area contributed by atoms with Crippen LogP contribution in [0.2, 0.25) is 0 Å². The molecule has 2 aromatic heterocycles. The number of piperidine rings is 1. The van der Waals surface area contributed by atoms with Crippen molar-refractivity contribution in [2.75, 3.05) is 25.5 Å². The molecule has 7 heteroatoms. The van der Waals surface area contributed by atoms with Crippen molar-refractivity contribution in [2.24, 2.45) is 5.92 Å². The third-order valence-corrected chi connectivity index (χ3v) is 6.64. The lowest BCUT2D eigenvalue weighted by atomic mass is 9.96. The third-order valence-electron chi connectivity index (χ3n) is 6.64. The first kappa shape index (κ1) is 22.7. The maximum absolute atomic E-state index is 13.3. The first-order chi connectivity index (χ1) is 17.0. The van der Waals surface area contributed by atoms with E-state index in [0.717, 1.165) is 65.2 Å². The van der Waals surface area contributed by atoms with Crippen molar-refractivity contribution in [1.29, 1.82) is 0 Å². The van der Waals surface area contributed by atoms with E-state index >= 15 is 0 Å². The lowest BCUT2D eigenvalue weighted by molar-refractivity contribution is -0.121. The SMILES string of the molecule is C=C(C)N1CCC(C(=O)Nc2nc3ccc(-c4ccncc4)cc3n2-c2ccc(OC)cc2)CC1. The molecule has 0 unspecified atom stereocenters. The molecule has 35 heavy (non-hydrogen) atoms. The number of fused-ring (bicyclic) bond motifs is 1. The molecule has 4 aromatic rings. The van der Waals surface area contributed by atoms with E-state index in [9.17, 15) is 4.79 Å². The molecule has 1 N–H and O–H groups in total. The monoisotopic (exact) mass is 467 g/mol. The number of hydrogen-bond acceptors (Lipinski definition) is 5. The second kappa shape index (κ2) is 9.62. The Balaban J connectivity index is 1.52. The first-order valence-corrected chi connectivity index (χ1v) is 11.8. The Morgan fingerprint density at radius 1 is 1.03 bits per heavy atom. The van der Waals surface area contributed by atoms with Crippen LogP contribution in [0.3, 0.4) is 0 Å². The lowest BCUT2D eigenvalue weighted by Gasteiger charge is -2.32. The number of imidazole rings is 1. The van der Waals surface area contributed by atoms with Crippen molar-refractivity contribution in [2.45, 2.75) is 19.8 Å². The third kappa shape index (κ3) is 4.62. The number of aromatic nitrogens is 3. The van der Waals surface area contributed by atoms with E-state index < -0.39 is 0 Å². The second-order valence-electron chi connectivity index (χ2n) is 8.89. The fourth-order valence-electron chi connectivity index (χ4n) is 4.61. The van der Waals surface area contributed by atoms with E-state index in [1.54, 1.807) is 19.5 Å². The number of allylic oxidation sites excluding steroid dienone is 1. The van der Waals surface area contributed by atoms with Crippen molar-refractivity contribution in [3.05, 3.63) is 79.3 Å². The molecule has 0 saturated carbocycles. The summed E-state index contributed by atoms with van der Waals surface area (Å²) in [4.78, 5) is 24.4. The number of carbonyl (C=O) groups is 1. The van der Waals surface area contributed by atoms with Crippen LogP contribution in [-0.2, 0) is 4.79 Å². The largest absolute Gasteiger partial charge is 0.497 e. The molecule has 1 saturated heterocycles. The molecule has 0 bridgehead atoms. The van der Waals surface area contributed by atoms with Crippen molar-refractivity contribution >= 4 is 22.9 Å². The van der Waals surface area contributed by atoms with E-state index in [1.807, 2.05) is 60.0 Å². The number of ether oxygens (including phenoxy) is 1. The molecule has 0 aliphatic carbocycles. The average molecular weight is 468 g/mol. The summed E-state index contributed by atoms with van der Waals surface area (Å²) in [7, 11) is 1.65. The van der Waals surface area contributed by atoms with Crippen molar-refractivity contribution in [1.82, 2.24) is 19.4 Å². The molecule has 1 aliphatic rings. The number of anilines is 1. The number of benzene rings is 2. The number of amides is 1. The van der Waals surface area contributed by atoms with Crippen molar-refractivity contribution in [3.8, 4) is 22.6 Å². The molecule has 178 valence electrons. The van der Waals surface area contributed by atoms with Gasteiger partial charge in [0.15, 0.2) is 0 Å². The Kier molecular flexibility index (Phi) is 6.23. The van der Waals surface area contributed by atoms with Gasteiger partial charge in [-0.25, -0.2) is 4.98 Å². The highest BCUT2D eigenvalue weighted by atomic mass is 16.5. The van der Waals surface area contributed by atoms with E-state index in [0.29, 0.717) is 5.95 Å². The molecule has 0 atom stereocenters. The smallest absolute Gasteiger partial charge is 0.229 e. The van der Waals surface area contributed by atoms with Crippen LogP contribution < -0.4 is 10.1 Å². The minimum absolute atomic E-state index is 0.00536. The Bertz CT molecular complexity index is 1350. The maximum Gasteiger partial charge on any atom is 0.229 e. The van der Waals surface area contributed by atoms with Gasteiger partial charge in [-0.05, 0) is 79.4 Å². The highest BCUT2D eigenvalue weighted by Crippen LogP contribution is 2.31. The van der Waals surface area contributed by atoms with Gasteiger partial charge in [0, 0.05) is 42.8 Å². The molecule has 7 nitrogen and oxygen atoms in total. The van der Waals surface area contributed by atoms with Crippen LogP contribution in [0.1, 0.15) is 19.8 Å². The summed E-state index contributed by atoms with van der Waals surface area (Å²) in [5, 5.41) is 3.13. The van der Waals surface area contributed by atoms with Crippen LogP contribution in [0.4, 0.5) is 5.95 Å². The molecule has 5 rings (SSSR count). The number of hydrogen-bond donors (Lipinski definition) is 1. The maximum atomic E-state index is 13.3. The Morgan fingerprint density at radius 3 is 2.40 bits per heavy atom. The van der Waals surface area contributed by atoms with Gasteiger partial charge in [0.25, 0.3) is 0 Å². The van der Waals surface area contributed by atoms with Gasteiger partial charge in [-0.3, -0.25) is 19.7 Å². The molecule has 1 aliphatic heterocycles. The summed E-state index contributed by atoms with van der Waals surface area (Å²) >= 11 is 0. The van der Waals surface area contributed by atoms with Gasteiger partial charge >= 0.3 is 0 Å². The molecule has 3 heterocycles. The van der Waals surface area contributed by atoms with Crippen LogP contribution >= 0.6 is 0 Å². The second-order valence-corrected chi connectivity index (χ2v) is 8.89. The molecule has 1 fully saturated rings. The van der Waals surface area contributed by atoms with Gasteiger partial charge in [0.1, 0.15) is 5.75 Å². The fourth-order valence-corrected chi connectivity index (χ4v) is 4.61. The van der Waals surface area contributed by atoms with Gasteiger partial charge in [0.2, 0.25) is 11.9 Å². The van der Waals surface area contributed by atoms with Gasteiger partial charge in [-0.2, -0.15) is 0 Å². The predicted molar refractivity (Wildman–Crippen MR) is 139 cm³/mol. The van der Waals surface area contributed by atoms with Gasteiger partial charge in [-0.15, -0.1) is 0 Å². The number of nitrogens with one attached hydrogen (secondary N) is 1. The summed E-state index contributed by atoms with van der Waals surface area (Å²) < 4.78 is 7.34. The van der Waals surface area contributed by atoms with E-state index in [1.165, 1.54) is 0 Å². The average Bonchev–Trinajstić information content (AvgIpc) is 3.26. The summed E-state index contributed by atoms with van der Waals surface area (Å²) in [5.74, 6) is 1.24. The molecular formula is C28H29N5O2. The van der Waals surface area contributed by atoms with Crippen molar-refractivity contribution in [3.63, 3.8) is 0 Å². The normalized spacial score (nSPS) is 14.2. The quantitative estimate of drug-likeness (QED) is 0.418. The minimum Gasteiger partial charge on any atom is -0.497 e. The lowest BCUT2D eigenvalue weighted by Crippen LogP contribution is -2.37. The van der Waals surface area contributed by atoms with Crippen LogP contribution in [0, 0.1) is 5.92 Å². The number of pyridine rings is 1. The van der Waals surface area contributed by atoms with Gasteiger partial charge in [-0.1, -0.05) is 12.6 Å². The number of likely N-dealkylation sites (tertiary alicyclic amines) is 1. The Labute approximate surface area is 205 Å². The van der Waals surface area contributed by atoms with Gasteiger partial charge in [0.05, 0.1) is 18.1 Å². The minimum atomic E-state index is -0.0536. The fraction of sp³-hybridized carbons (Fsp3) is 0.250. The van der Waals surface area contributed by atoms with Crippen LogP contribution in [0.5, 0.6) is 5.75 Å². The number of carbonyl (C=O) groups excluding carboxylic acids is 1. The van der Waals surface area contributed by atoms with Crippen LogP contribution in [0.25, 0.3) is 27.8 Å². The van der Waals surface area contributed by atoms with Crippen LogP contribution in [0.15, 0.2) is 79.3 Å². The number of nitrogens with zero attached hydrogens (tertiary/aromatic N) is 4. The topological polar surface area (TPSA) is 72.3 Å². The summed E-state index contributed by atoms with van der Waals surface area (Å²) in [6, 6.07) is 17.9. The summed E-state index contributed by atoms with van der Waals surface area (Å²) in [5.41, 5.74) is 5.80. The Hall–Kier alpha value is -4.13. The van der Waals surface area contributed by atoms with Crippen LogP contribution in [-0.4, -0.2) is 45.5 Å². The molecular weight excluding hydrogens is 438 g/mol. The van der Waals surface area contributed by atoms with Gasteiger partial charge < -0.3 is 9.64 Å². The van der Waals surface area contributed by atoms with E-state index in [4.69, 9.17) is 9.72 Å². The highest BCUT2D eigenvalue weighted by molar-refractivity contribution is 5.94. The zero-order valence-corrected chi connectivity index (χ0v) is 20.1. The van der Waals surface area contributed by atoms with E-state index in [-0.39, 0.29) is 11.8 Å². The zero-order chi connectivity index (χ0) is 24.4. The highest BCUT2D eigenvalue weighted by Gasteiger charge is 2.26. The summed E-state index contributed by atoms with van der Waals surface area (Å²) in [6.07, 6.45) is 5.16. The molecule has 0 spiro atoms. The first-order valence-electron chi connectivity index (χ1n) is 11.8. The number of methoxy groups -OCH3 is 1. The summed E-state index contributed by atoms with van der Waals surface area (Å²) in [6.45, 7) is 7.73. The standard InChI is InChI=1S/C28H29N5O2/c1-19(2)32-16-12-21(13-17-32)27(34)31-28-30-25-9-4-22(20-10-14-29-15-11-20)18-26(25)33(28)23-5-7-24(35-3)8-6-23/h4-11,14-15,18,21H,1,12-13,16-17H2,2-3H3,(H,30,31,34).